The molecule has 0 unspecified atom stereocenters. The smallest absolute Gasteiger partial charge is 0.317 e. The van der Waals surface area contributed by atoms with E-state index in [0.717, 1.165) is 18.4 Å². The lowest BCUT2D eigenvalue weighted by atomic mass is 9.96. The maximum absolute atomic E-state index is 12.4. The molecule has 3 amide bonds. The second kappa shape index (κ2) is 9.24. The quantitative estimate of drug-likeness (QED) is 0.844. The van der Waals surface area contributed by atoms with E-state index in [1.54, 1.807) is 0 Å². The highest BCUT2D eigenvalue weighted by Crippen LogP contribution is 2.19. The summed E-state index contributed by atoms with van der Waals surface area (Å²) in [6, 6.07) is 7.68. The van der Waals surface area contributed by atoms with Crippen molar-refractivity contribution in [2.24, 2.45) is 5.92 Å². The molecule has 2 aliphatic rings. The van der Waals surface area contributed by atoms with Crippen LogP contribution in [0.3, 0.4) is 0 Å². The Labute approximate surface area is 159 Å². The van der Waals surface area contributed by atoms with Crippen LogP contribution in [0.1, 0.15) is 31.2 Å². The molecular weight excluding hydrogens is 354 g/mol. The number of piperidine rings is 1. The van der Waals surface area contributed by atoms with E-state index in [2.05, 4.69) is 10.6 Å². The Morgan fingerprint density at radius 2 is 1.81 bits per heavy atom. The van der Waals surface area contributed by atoms with Gasteiger partial charge in [-0.05, 0) is 37.3 Å². The summed E-state index contributed by atoms with van der Waals surface area (Å²) in [7, 11) is 0. The summed E-state index contributed by atoms with van der Waals surface area (Å²) in [6.07, 6.45) is 3.12. The number of likely N-dealkylation sites (tertiary alicyclic amines) is 1. The Hall–Kier alpha value is -1.79. The van der Waals surface area contributed by atoms with Crippen molar-refractivity contribution in [3.05, 3.63) is 34.9 Å². The minimum atomic E-state index is -0.0513. The van der Waals surface area contributed by atoms with Crippen LogP contribution in [0.2, 0.25) is 5.02 Å². The number of nitrogens with one attached hydrogen (secondary N) is 2. The largest absolute Gasteiger partial charge is 0.381 e. The van der Waals surface area contributed by atoms with Gasteiger partial charge in [0, 0.05) is 49.8 Å². The lowest BCUT2D eigenvalue weighted by molar-refractivity contribution is -0.126. The molecule has 2 fully saturated rings. The molecule has 7 heteroatoms. The lowest BCUT2D eigenvalue weighted by Crippen LogP contribution is -2.50. The normalized spacial score (nSPS) is 19.2. The highest BCUT2D eigenvalue weighted by atomic mass is 35.5. The molecule has 0 saturated carbocycles. The van der Waals surface area contributed by atoms with E-state index < -0.39 is 0 Å². The molecule has 3 rings (SSSR count). The standard InChI is InChI=1S/C19H26ClN3O3/c20-17-4-2-1-3-15(17)13-21-18(24)14-5-9-23(10-6-14)19(25)22-16-7-11-26-12-8-16/h1-4,14,16H,5-13H2,(H,21,24)(H,22,25). The summed E-state index contributed by atoms with van der Waals surface area (Å²) in [6.45, 7) is 3.07. The first-order valence-electron chi connectivity index (χ1n) is 9.28. The number of amides is 3. The minimum absolute atomic E-state index is 0.0215. The zero-order valence-electron chi connectivity index (χ0n) is 14.9. The molecule has 2 saturated heterocycles. The lowest BCUT2D eigenvalue weighted by Gasteiger charge is -2.33. The number of rotatable bonds is 4. The van der Waals surface area contributed by atoms with Crippen molar-refractivity contribution in [1.82, 2.24) is 15.5 Å². The van der Waals surface area contributed by atoms with E-state index in [1.165, 1.54) is 0 Å². The average molecular weight is 380 g/mol. The number of carbonyl (C=O) groups excluding carboxylic acids is 2. The fourth-order valence-corrected chi connectivity index (χ4v) is 3.62. The molecule has 2 N–H and O–H groups in total. The predicted octanol–water partition coefficient (Wildman–Crippen LogP) is 2.56. The summed E-state index contributed by atoms with van der Waals surface area (Å²) in [4.78, 5) is 26.6. The van der Waals surface area contributed by atoms with E-state index in [1.807, 2.05) is 29.2 Å². The van der Waals surface area contributed by atoms with Gasteiger partial charge in [-0.25, -0.2) is 4.79 Å². The molecule has 1 aromatic carbocycles. The first kappa shape index (κ1) is 19.0. The highest BCUT2D eigenvalue weighted by Gasteiger charge is 2.28. The molecule has 26 heavy (non-hydrogen) atoms. The fraction of sp³-hybridized carbons (Fsp3) is 0.579. The minimum Gasteiger partial charge on any atom is -0.381 e. The Morgan fingerprint density at radius 1 is 1.12 bits per heavy atom. The summed E-state index contributed by atoms with van der Waals surface area (Å²) in [5.74, 6) is -0.0148. The molecule has 0 radical (unpaired) electrons. The Balaban J connectivity index is 1.40. The summed E-state index contributed by atoms with van der Waals surface area (Å²) >= 11 is 6.12. The van der Waals surface area contributed by atoms with Gasteiger partial charge in [0.2, 0.25) is 5.91 Å². The van der Waals surface area contributed by atoms with Crippen LogP contribution < -0.4 is 10.6 Å². The van der Waals surface area contributed by atoms with Gasteiger partial charge in [-0.1, -0.05) is 29.8 Å². The van der Waals surface area contributed by atoms with Gasteiger partial charge in [0.1, 0.15) is 0 Å². The molecular formula is C19H26ClN3O3. The van der Waals surface area contributed by atoms with Crippen LogP contribution in [0.15, 0.2) is 24.3 Å². The first-order valence-corrected chi connectivity index (χ1v) is 9.65. The number of nitrogens with zero attached hydrogens (tertiary/aromatic N) is 1. The van der Waals surface area contributed by atoms with E-state index >= 15 is 0 Å². The van der Waals surface area contributed by atoms with Crippen LogP contribution in [0.5, 0.6) is 0 Å². The van der Waals surface area contributed by atoms with Gasteiger partial charge in [-0.3, -0.25) is 4.79 Å². The van der Waals surface area contributed by atoms with Gasteiger partial charge in [-0.2, -0.15) is 0 Å². The molecule has 0 aromatic heterocycles. The number of hydrogen-bond acceptors (Lipinski definition) is 3. The molecule has 2 heterocycles. The molecule has 1 aromatic rings. The number of halogens is 1. The van der Waals surface area contributed by atoms with E-state index in [4.69, 9.17) is 16.3 Å². The Kier molecular flexibility index (Phi) is 6.74. The van der Waals surface area contributed by atoms with Crippen LogP contribution in [0.25, 0.3) is 0 Å². The van der Waals surface area contributed by atoms with Crippen molar-refractivity contribution in [3.63, 3.8) is 0 Å². The van der Waals surface area contributed by atoms with E-state index in [9.17, 15) is 9.59 Å². The van der Waals surface area contributed by atoms with Crippen LogP contribution >= 0.6 is 11.6 Å². The Bertz CT molecular complexity index is 626. The zero-order valence-corrected chi connectivity index (χ0v) is 15.6. The number of benzene rings is 1. The molecule has 2 aliphatic heterocycles. The van der Waals surface area contributed by atoms with Crippen LogP contribution in [-0.2, 0) is 16.1 Å². The van der Waals surface area contributed by atoms with Gasteiger partial charge >= 0.3 is 6.03 Å². The van der Waals surface area contributed by atoms with E-state index in [0.29, 0.717) is 50.7 Å². The maximum Gasteiger partial charge on any atom is 0.317 e. The van der Waals surface area contributed by atoms with Crippen LogP contribution in [0, 0.1) is 5.92 Å². The van der Waals surface area contributed by atoms with Crippen LogP contribution in [-0.4, -0.2) is 49.2 Å². The van der Waals surface area contributed by atoms with Gasteiger partial charge < -0.3 is 20.3 Å². The van der Waals surface area contributed by atoms with Crippen molar-refractivity contribution in [2.45, 2.75) is 38.3 Å². The van der Waals surface area contributed by atoms with Crippen LogP contribution in [0.4, 0.5) is 4.79 Å². The van der Waals surface area contributed by atoms with E-state index in [-0.39, 0.29) is 23.9 Å². The summed E-state index contributed by atoms with van der Waals surface area (Å²) in [5, 5.41) is 6.70. The molecule has 0 atom stereocenters. The summed E-state index contributed by atoms with van der Waals surface area (Å²) in [5.41, 5.74) is 0.913. The average Bonchev–Trinajstić information content (AvgIpc) is 2.68. The molecule has 6 nitrogen and oxygen atoms in total. The molecule has 0 bridgehead atoms. The number of ether oxygens (including phenoxy) is 1. The second-order valence-electron chi connectivity index (χ2n) is 6.91. The number of hydrogen-bond donors (Lipinski definition) is 2. The van der Waals surface area contributed by atoms with Crippen molar-refractivity contribution >= 4 is 23.5 Å². The van der Waals surface area contributed by atoms with Crippen molar-refractivity contribution in [3.8, 4) is 0 Å². The van der Waals surface area contributed by atoms with Crippen molar-refractivity contribution < 1.29 is 14.3 Å². The molecule has 0 spiro atoms. The maximum atomic E-state index is 12.4. The highest BCUT2D eigenvalue weighted by molar-refractivity contribution is 6.31. The van der Waals surface area contributed by atoms with Crippen molar-refractivity contribution in [1.29, 1.82) is 0 Å². The van der Waals surface area contributed by atoms with Gasteiger partial charge in [0.25, 0.3) is 0 Å². The fourth-order valence-electron chi connectivity index (χ4n) is 3.42. The number of carbonyl (C=O) groups is 2. The van der Waals surface area contributed by atoms with Gasteiger partial charge in [-0.15, -0.1) is 0 Å². The SMILES string of the molecule is O=C(NCc1ccccc1Cl)C1CCN(C(=O)NC2CCOCC2)CC1. The zero-order chi connectivity index (χ0) is 18.4. The number of urea groups is 1. The second-order valence-corrected chi connectivity index (χ2v) is 7.31. The third-order valence-corrected chi connectivity index (χ3v) is 5.48. The van der Waals surface area contributed by atoms with Gasteiger partial charge in [0.05, 0.1) is 0 Å². The third kappa shape index (κ3) is 5.11. The first-order chi connectivity index (χ1) is 12.6. The topological polar surface area (TPSA) is 70.7 Å². The predicted molar refractivity (Wildman–Crippen MR) is 100.0 cm³/mol. The summed E-state index contributed by atoms with van der Waals surface area (Å²) < 4.78 is 5.31. The molecule has 142 valence electrons. The molecule has 0 aliphatic carbocycles. The van der Waals surface area contributed by atoms with Crippen molar-refractivity contribution in [2.75, 3.05) is 26.3 Å². The van der Waals surface area contributed by atoms with Gasteiger partial charge in [0.15, 0.2) is 0 Å². The Morgan fingerprint density at radius 3 is 2.50 bits per heavy atom. The third-order valence-electron chi connectivity index (χ3n) is 5.11. The monoisotopic (exact) mass is 379 g/mol.